The summed E-state index contributed by atoms with van der Waals surface area (Å²) >= 11 is 0. The van der Waals surface area contributed by atoms with Crippen molar-refractivity contribution in [2.75, 3.05) is 5.32 Å². The molecule has 6 rings (SSSR count). The molecule has 0 radical (unpaired) electrons. The molecule has 1 heteroatoms. The number of nitrogens with one attached hydrogen (secondary N) is 1. The minimum Gasteiger partial charge on any atom is -0.355 e. The average molecular weight is 438 g/mol. The van der Waals surface area contributed by atoms with Crippen molar-refractivity contribution < 1.29 is 0 Å². The van der Waals surface area contributed by atoms with E-state index in [2.05, 4.69) is 140 Å². The lowest BCUT2D eigenvalue weighted by molar-refractivity contribution is 0.660. The summed E-state index contributed by atoms with van der Waals surface area (Å²) in [6.07, 6.45) is 0. The Morgan fingerprint density at radius 1 is 0.500 bits per heavy atom. The van der Waals surface area contributed by atoms with Crippen LogP contribution in [0.25, 0.3) is 33.4 Å². The number of rotatable bonds is 4. The molecule has 34 heavy (non-hydrogen) atoms. The molecule has 164 valence electrons. The van der Waals surface area contributed by atoms with Crippen molar-refractivity contribution in [3.63, 3.8) is 0 Å². The third kappa shape index (κ3) is 3.33. The van der Waals surface area contributed by atoms with E-state index in [1.807, 2.05) is 0 Å². The highest BCUT2D eigenvalue weighted by Crippen LogP contribution is 2.49. The first-order valence-electron chi connectivity index (χ1n) is 11.9. The zero-order valence-electron chi connectivity index (χ0n) is 19.5. The summed E-state index contributed by atoms with van der Waals surface area (Å²) in [5, 5.41) is 3.78. The Kier molecular flexibility index (Phi) is 4.85. The molecule has 0 amide bonds. The average Bonchev–Trinajstić information content (AvgIpc) is 3.11. The van der Waals surface area contributed by atoms with Crippen LogP contribution in [0.1, 0.15) is 25.0 Å². The fraction of sp³-hybridized carbons (Fsp3) is 0.0909. The monoisotopic (exact) mass is 437 g/mol. The van der Waals surface area contributed by atoms with Crippen LogP contribution in [0.5, 0.6) is 0 Å². The van der Waals surface area contributed by atoms with E-state index in [-0.39, 0.29) is 5.41 Å². The highest BCUT2D eigenvalue weighted by molar-refractivity contribution is 5.93. The summed E-state index contributed by atoms with van der Waals surface area (Å²) in [4.78, 5) is 0. The van der Waals surface area contributed by atoms with E-state index in [0.717, 1.165) is 11.4 Å². The van der Waals surface area contributed by atoms with Gasteiger partial charge >= 0.3 is 0 Å². The molecule has 0 bridgehead atoms. The summed E-state index contributed by atoms with van der Waals surface area (Å²) in [5.41, 5.74) is 12.5. The second-order valence-corrected chi connectivity index (χ2v) is 9.52. The second-order valence-electron chi connectivity index (χ2n) is 9.52. The first kappa shape index (κ1) is 20.5. The fourth-order valence-electron chi connectivity index (χ4n) is 5.37. The molecule has 1 aliphatic carbocycles. The maximum atomic E-state index is 3.78. The molecular weight excluding hydrogens is 410 g/mol. The molecule has 0 atom stereocenters. The molecule has 0 fully saturated rings. The lowest BCUT2D eigenvalue weighted by Gasteiger charge is -2.22. The largest absolute Gasteiger partial charge is 0.355 e. The maximum Gasteiger partial charge on any atom is 0.0470 e. The van der Waals surface area contributed by atoms with E-state index in [1.54, 1.807) is 0 Å². The highest BCUT2D eigenvalue weighted by atomic mass is 14.9. The summed E-state index contributed by atoms with van der Waals surface area (Å²) in [5.74, 6) is 0. The topological polar surface area (TPSA) is 12.0 Å². The summed E-state index contributed by atoms with van der Waals surface area (Å²) in [6, 6.07) is 43.4. The molecule has 0 saturated heterocycles. The van der Waals surface area contributed by atoms with Crippen LogP contribution in [0, 0.1) is 0 Å². The van der Waals surface area contributed by atoms with Gasteiger partial charge in [-0.15, -0.1) is 0 Å². The molecule has 5 aromatic rings. The van der Waals surface area contributed by atoms with Crippen LogP contribution < -0.4 is 5.32 Å². The van der Waals surface area contributed by atoms with Crippen LogP contribution in [0.4, 0.5) is 11.4 Å². The van der Waals surface area contributed by atoms with Gasteiger partial charge in [0.2, 0.25) is 0 Å². The molecule has 1 nitrogen and oxygen atoms in total. The van der Waals surface area contributed by atoms with E-state index in [9.17, 15) is 0 Å². The van der Waals surface area contributed by atoms with Gasteiger partial charge in [0.15, 0.2) is 0 Å². The molecule has 1 N–H and O–H groups in total. The van der Waals surface area contributed by atoms with Crippen molar-refractivity contribution in [2.24, 2.45) is 0 Å². The third-order valence-corrected chi connectivity index (χ3v) is 7.07. The van der Waals surface area contributed by atoms with Gasteiger partial charge in [0, 0.05) is 22.4 Å². The lowest BCUT2D eigenvalue weighted by atomic mass is 9.82. The van der Waals surface area contributed by atoms with E-state index >= 15 is 0 Å². The zero-order chi connectivity index (χ0) is 23.1. The first-order valence-corrected chi connectivity index (χ1v) is 11.9. The lowest BCUT2D eigenvalue weighted by Crippen LogP contribution is -2.15. The molecule has 1 aliphatic rings. The Balaban J connectivity index is 1.47. The Morgan fingerprint density at radius 2 is 1.12 bits per heavy atom. The van der Waals surface area contributed by atoms with Gasteiger partial charge in [-0.2, -0.15) is 0 Å². The Hall–Kier alpha value is -4.10. The van der Waals surface area contributed by atoms with E-state index in [1.165, 1.54) is 44.5 Å². The van der Waals surface area contributed by atoms with Gasteiger partial charge < -0.3 is 5.32 Å². The molecule has 0 heterocycles. The van der Waals surface area contributed by atoms with Crippen LogP contribution in [0.3, 0.4) is 0 Å². The Morgan fingerprint density at radius 3 is 1.88 bits per heavy atom. The first-order chi connectivity index (χ1) is 16.6. The van der Waals surface area contributed by atoms with E-state index < -0.39 is 0 Å². The Bertz CT molecular complexity index is 1480. The van der Waals surface area contributed by atoms with Crippen molar-refractivity contribution in [2.45, 2.75) is 19.3 Å². The van der Waals surface area contributed by atoms with Gasteiger partial charge in [0.1, 0.15) is 0 Å². The van der Waals surface area contributed by atoms with E-state index in [4.69, 9.17) is 0 Å². The molecule has 0 aliphatic heterocycles. The predicted molar refractivity (Wildman–Crippen MR) is 145 cm³/mol. The van der Waals surface area contributed by atoms with Crippen LogP contribution >= 0.6 is 0 Å². The van der Waals surface area contributed by atoms with Gasteiger partial charge in [-0.1, -0.05) is 117 Å². The van der Waals surface area contributed by atoms with Gasteiger partial charge in [-0.25, -0.2) is 0 Å². The van der Waals surface area contributed by atoms with Crippen molar-refractivity contribution in [1.29, 1.82) is 0 Å². The van der Waals surface area contributed by atoms with Crippen molar-refractivity contribution in [1.82, 2.24) is 0 Å². The van der Waals surface area contributed by atoms with Crippen LogP contribution in [0.2, 0.25) is 0 Å². The smallest absolute Gasteiger partial charge is 0.0470 e. The Labute approximate surface area is 201 Å². The van der Waals surface area contributed by atoms with Crippen molar-refractivity contribution in [3.8, 4) is 33.4 Å². The number of hydrogen-bond donors (Lipinski definition) is 1. The van der Waals surface area contributed by atoms with Crippen LogP contribution in [0.15, 0.2) is 121 Å². The quantitative estimate of drug-likeness (QED) is 0.296. The fourth-order valence-corrected chi connectivity index (χ4v) is 5.37. The van der Waals surface area contributed by atoms with Crippen LogP contribution in [-0.2, 0) is 5.41 Å². The molecule has 0 unspecified atom stereocenters. The highest BCUT2D eigenvalue weighted by Gasteiger charge is 2.35. The minimum absolute atomic E-state index is 0.0161. The SMILES string of the molecule is CC1(C)c2ccccc2-c2ccc(Nc3cccc(-c4ccccc4)c3-c3ccccc3)cc21. The summed E-state index contributed by atoms with van der Waals surface area (Å²) in [6.45, 7) is 4.65. The molecule has 0 saturated carbocycles. The molecule has 0 aromatic heterocycles. The summed E-state index contributed by atoms with van der Waals surface area (Å²) < 4.78 is 0. The van der Waals surface area contributed by atoms with Gasteiger partial charge in [-0.3, -0.25) is 0 Å². The van der Waals surface area contributed by atoms with Gasteiger partial charge in [0.25, 0.3) is 0 Å². The van der Waals surface area contributed by atoms with Crippen molar-refractivity contribution in [3.05, 3.63) is 132 Å². The predicted octanol–water partition coefficient (Wildman–Crippen LogP) is 9.07. The number of fused-ring (bicyclic) bond motifs is 3. The minimum atomic E-state index is -0.0161. The van der Waals surface area contributed by atoms with Crippen molar-refractivity contribution >= 4 is 11.4 Å². The number of hydrogen-bond acceptors (Lipinski definition) is 1. The van der Waals surface area contributed by atoms with E-state index in [0.29, 0.717) is 0 Å². The van der Waals surface area contributed by atoms with Crippen LogP contribution in [-0.4, -0.2) is 0 Å². The van der Waals surface area contributed by atoms with Gasteiger partial charge in [0.05, 0.1) is 0 Å². The molecule has 0 spiro atoms. The molecular formula is C33H27N. The molecule has 5 aromatic carbocycles. The normalized spacial score (nSPS) is 13.2. The standard InChI is InChI=1S/C33H27N/c1-33(2)29-18-10-9-16-27(29)28-21-20-25(22-30(28)33)34-31-19-11-17-26(23-12-5-3-6-13-23)32(31)24-14-7-4-8-15-24/h3-22,34H,1-2H3. The maximum absolute atomic E-state index is 3.78. The zero-order valence-corrected chi connectivity index (χ0v) is 19.5. The van der Waals surface area contributed by atoms with Gasteiger partial charge in [-0.05, 0) is 57.1 Å². The third-order valence-electron chi connectivity index (χ3n) is 7.07. The number of benzene rings is 5. The second kappa shape index (κ2) is 8.04. The summed E-state index contributed by atoms with van der Waals surface area (Å²) in [7, 11) is 0. The number of anilines is 2.